The molecule has 1 heterocycles. The van der Waals surface area contributed by atoms with Crippen molar-refractivity contribution in [2.75, 3.05) is 0 Å². The van der Waals surface area contributed by atoms with Crippen LogP contribution in [0.1, 0.15) is 37.6 Å². The molecule has 0 aromatic carbocycles. The molecular formula is C12H18N2O. The summed E-state index contributed by atoms with van der Waals surface area (Å²) in [6, 6.07) is 3.74. The molecule has 15 heavy (non-hydrogen) atoms. The van der Waals surface area contributed by atoms with Crippen LogP contribution in [0.15, 0.2) is 24.5 Å². The Kier molecular flexibility index (Phi) is 4.28. The molecule has 1 amide bonds. The molecule has 3 heteroatoms. The van der Waals surface area contributed by atoms with Crippen molar-refractivity contribution in [3.05, 3.63) is 30.1 Å². The standard InChI is InChI=1S/C12H18N2O/c1-9(2)7-10(3)14-12(15)11-5-4-6-13-8-11/h4-6,8-10H,7H2,1-3H3,(H,14,15). The molecule has 1 rings (SSSR count). The number of hydrogen-bond donors (Lipinski definition) is 1. The monoisotopic (exact) mass is 206 g/mol. The van der Waals surface area contributed by atoms with Crippen LogP contribution in [0.5, 0.6) is 0 Å². The highest BCUT2D eigenvalue weighted by Crippen LogP contribution is 2.05. The van der Waals surface area contributed by atoms with Crippen molar-refractivity contribution in [3.63, 3.8) is 0 Å². The second kappa shape index (κ2) is 5.49. The van der Waals surface area contributed by atoms with Crippen LogP contribution >= 0.6 is 0 Å². The first kappa shape index (κ1) is 11.7. The van der Waals surface area contributed by atoms with Gasteiger partial charge >= 0.3 is 0 Å². The van der Waals surface area contributed by atoms with Crippen LogP contribution in [0.25, 0.3) is 0 Å². The third-order valence-electron chi connectivity index (χ3n) is 2.13. The van der Waals surface area contributed by atoms with Gasteiger partial charge in [0.1, 0.15) is 0 Å². The van der Waals surface area contributed by atoms with Gasteiger partial charge in [0.2, 0.25) is 0 Å². The number of hydrogen-bond acceptors (Lipinski definition) is 2. The highest BCUT2D eigenvalue weighted by molar-refractivity contribution is 5.93. The van der Waals surface area contributed by atoms with Gasteiger partial charge < -0.3 is 5.32 Å². The Bertz CT molecular complexity index is 309. The van der Waals surface area contributed by atoms with Crippen LogP contribution in [-0.4, -0.2) is 16.9 Å². The third-order valence-corrected chi connectivity index (χ3v) is 2.13. The molecule has 1 N–H and O–H groups in total. The number of carbonyl (C=O) groups excluding carboxylic acids is 1. The molecular weight excluding hydrogens is 188 g/mol. The molecule has 0 saturated heterocycles. The topological polar surface area (TPSA) is 42.0 Å². The van der Waals surface area contributed by atoms with Crippen molar-refractivity contribution < 1.29 is 4.79 Å². The summed E-state index contributed by atoms with van der Waals surface area (Å²) in [5, 5.41) is 2.95. The van der Waals surface area contributed by atoms with Gasteiger partial charge in [-0.25, -0.2) is 0 Å². The summed E-state index contributed by atoms with van der Waals surface area (Å²) in [5.41, 5.74) is 0.619. The summed E-state index contributed by atoms with van der Waals surface area (Å²) in [6.45, 7) is 6.31. The Hall–Kier alpha value is -1.38. The summed E-state index contributed by atoms with van der Waals surface area (Å²) in [7, 11) is 0. The molecule has 0 fully saturated rings. The van der Waals surface area contributed by atoms with Gasteiger partial charge in [0, 0.05) is 18.4 Å². The largest absolute Gasteiger partial charge is 0.350 e. The number of pyridine rings is 1. The average Bonchev–Trinajstić information content (AvgIpc) is 2.17. The van der Waals surface area contributed by atoms with E-state index in [0.29, 0.717) is 11.5 Å². The lowest BCUT2D eigenvalue weighted by Gasteiger charge is -2.15. The summed E-state index contributed by atoms with van der Waals surface area (Å²) >= 11 is 0. The number of nitrogens with one attached hydrogen (secondary N) is 1. The normalized spacial score (nSPS) is 12.5. The smallest absolute Gasteiger partial charge is 0.253 e. The Balaban J connectivity index is 2.49. The lowest BCUT2D eigenvalue weighted by molar-refractivity contribution is 0.0936. The minimum atomic E-state index is -0.0451. The van der Waals surface area contributed by atoms with Crippen molar-refractivity contribution in [1.29, 1.82) is 0 Å². The number of rotatable bonds is 4. The first-order chi connectivity index (χ1) is 7.09. The van der Waals surface area contributed by atoms with E-state index in [9.17, 15) is 4.79 Å². The van der Waals surface area contributed by atoms with Crippen molar-refractivity contribution in [1.82, 2.24) is 10.3 Å². The zero-order valence-electron chi connectivity index (χ0n) is 9.53. The van der Waals surface area contributed by atoms with Gasteiger partial charge in [0.15, 0.2) is 0 Å². The predicted octanol–water partition coefficient (Wildman–Crippen LogP) is 2.25. The zero-order valence-corrected chi connectivity index (χ0v) is 9.53. The minimum absolute atomic E-state index is 0.0451. The van der Waals surface area contributed by atoms with Crippen LogP contribution in [0.4, 0.5) is 0 Å². The van der Waals surface area contributed by atoms with E-state index in [-0.39, 0.29) is 11.9 Å². The highest BCUT2D eigenvalue weighted by atomic mass is 16.1. The molecule has 82 valence electrons. The second-order valence-corrected chi connectivity index (χ2v) is 4.25. The molecule has 0 aliphatic heterocycles. The molecule has 0 radical (unpaired) electrons. The SMILES string of the molecule is CC(C)CC(C)NC(=O)c1cccnc1. The summed E-state index contributed by atoms with van der Waals surface area (Å²) in [4.78, 5) is 15.6. The van der Waals surface area contributed by atoms with Crippen LogP contribution < -0.4 is 5.32 Å². The van der Waals surface area contributed by atoms with Crippen molar-refractivity contribution in [2.24, 2.45) is 5.92 Å². The zero-order chi connectivity index (χ0) is 11.3. The van der Waals surface area contributed by atoms with Gasteiger partial charge in [-0.1, -0.05) is 13.8 Å². The predicted molar refractivity (Wildman–Crippen MR) is 60.6 cm³/mol. The van der Waals surface area contributed by atoms with Gasteiger partial charge in [-0.3, -0.25) is 9.78 Å². The first-order valence-corrected chi connectivity index (χ1v) is 5.30. The molecule has 0 aliphatic rings. The maximum atomic E-state index is 11.7. The maximum absolute atomic E-state index is 11.7. The summed E-state index contributed by atoms with van der Waals surface area (Å²) < 4.78 is 0. The fourth-order valence-corrected chi connectivity index (χ4v) is 1.57. The van der Waals surface area contributed by atoms with Gasteiger partial charge in [-0.05, 0) is 31.4 Å². The molecule has 3 nitrogen and oxygen atoms in total. The number of nitrogens with zero attached hydrogens (tertiary/aromatic N) is 1. The fraction of sp³-hybridized carbons (Fsp3) is 0.500. The molecule has 0 aliphatic carbocycles. The van der Waals surface area contributed by atoms with Crippen LogP contribution in [-0.2, 0) is 0 Å². The maximum Gasteiger partial charge on any atom is 0.253 e. The van der Waals surface area contributed by atoms with Crippen LogP contribution in [0.3, 0.4) is 0 Å². The Morgan fingerprint density at radius 1 is 1.47 bits per heavy atom. The minimum Gasteiger partial charge on any atom is -0.350 e. The van der Waals surface area contributed by atoms with E-state index in [1.165, 1.54) is 0 Å². The summed E-state index contributed by atoms with van der Waals surface area (Å²) in [5.74, 6) is 0.547. The van der Waals surface area contributed by atoms with E-state index in [1.807, 2.05) is 6.92 Å². The Morgan fingerprint density at radius 3 is 2.73 bits per heavy atom. The van der Waals surface area contributed by atoms with Crippen molar-refractivity contribution in [3.8, 4) is 0 Å². The number of aromatic nitrogens is 1. The van der Waals surface area contributed by atoms with Gasteiger partial charge in [0.05, 0.1) is 5.56 Å². The average molecular weight is 206 g/mol. The van der Waals surface area contributed by atoms with Crippen molar-refractivity contribution >= 4 is 5.91 Å². The lowest BCUT2D eigenvalue weighted by Crippen LogP contribution is -2.33. The van der Waals surface area contributed by atoms with Gasteiger partial charge in [-0.2, -0.15) is 0 Å². The molecule has 0 spiro atoms. The Morgan fingerprint density at radius 2 is 2.20 bits per heavy atom. The molecule has 0 bridgehead atoms. The second-order valence-electron chi connectivity index (χ2n) is 4.25. The van der Waals surface area contributed by atoms with Crippen molar-refractivity contribution in [2.45, 2.75) is 33.2 Å². The van der Waals surface area contributed by atoms with Crippen LogP contribution in [0.2, 0.25) is 0 Å². The van der Waals surface area contributed by atoms with E-state index in [4.69, 9.17) is 0 Å². The number of amides is 1. The summed E-state index contributed by atoms with van der Waals surface area (Å²) in [6.07, 6.45) is 4.23. The van der Waals surface area contributed by atoms with E-state index < -0.39 is 0 Å². The molecule has 1 aromatic heterocycles. The quantitative estimate of drug-likeness (QED) is 0.821. The molecule has 0 saturated carbocycles. The van der Waals surface area contributed by atoms with Gasteiger partial charge in [-0.15, -0.1) is 0 Å². The van der Waals surface area contributed by atoms with E-state index in [2.05, 4.69) is 24.1 Å². The highest BCUT2D eigenvalue weighted by Gasteiger charge is 2.10. The Labute approximate surface area is 90.9 Å². The van der Waals surface area contributed by atoms with E-state index in [1.54, 1.807) is 24.5 Å². The molecule has 1 atom stereocenters. The first-order valence-electron chi connectivity index (χ1n) is 5.30. The van der Waals surface area contributed by atoms with E-state index >= 15 is 0 Å². The molecule has 1 unspecified atom stereocenters. The fourth-order valence-electron chi connectivity index (χ4n) is 1.57. The lowest BCUT2D eigenvalue weighted by atomic mass is 10.1. The third kappa shape index (κ3) is 4.11. The van der Waals surface area contributed by atoms with Gasteiger partial charge in [0.25, 0.3) is 5.91 Å². The molecule has 1 aromatic rings. The van der Waals surface area contributed by atoms with E-state index in [0.717, 1.165) is 6.42 Å². The van der Waals surface area contributed by atoms with Crippen LogP contribution in [0, 0.1) is 5.92 Å². The number of carbonyl (C=O) groups is 1.